The number of amides is 1. The van der Waals surface area contributed by atoms with Crippen LogP contribution in [0.15, 0.2) is 77.7 Å². The number of anilines is 1. The first-order valence-corrected chi connectivity index (χ1v) is 12.4. The summed E-state index contributed by atoms with van der Waals surface area (Å²) < 4.78 is 45.6. The average molecular weight is 481 g/mol. The molecule has 0 aliphatic carbocycles. The molecular weight excluding hydrogens is 456 g/mol. The van der Waals surface area contributed by atoms with Crippen LogP contribution in [-0.4, -0.2) is 46.2 Å². The number of carbonyl (C=O) groups excluding carboxylic acids is 1. The van der Waals surface area contributed by atoms with Gasteiger partial charge >= 0.3 is 0 Å². The number of fused-ring (bicyclic) bond motifs is 2. The third kappa shape index (κ3) is 4.26. The van der Waals surface area contributed by atoms with Gasteiger partial charge in [0, 0.05) is 0 Å². The van der Waals surface area contributed by atoms with Gasteiger partial charge in [-0.2, -0.15) is 0 Å². The predicted molar refractivity (Wildman–Crippen MR) is 126 cm³/mol. The van der Waals surface area contributed by atoms with Crippen LogP contribution in [0.5, 0.6) is 17.2 Å². The number of nitrogens with zero attached hydrogens (tertiary/aromatic N) is 1. The minimum absolute atomic E-state index is 0.147. The topological polar surface area (TPSA) is 94.2 Å². The Hall–Kier alpha value is -3.72. The molecule has 176 valence electrons. The summed E-state index contributed by atoms with van der Waals surface area (Å²) in [4.78, 5) is 13.2. The second kappa shape index (κ2) is 8.90. The predicted octanol–water partition coefficient (Wildman–Crippen LogP) is 2.91. The highest BCUT2D eigenvalue weighted by Gasteiger charge is 2.38. The van der Waals surface area contributed by atoms with Crippen LogP contribution < -0.4 is 23.8 Å². The van der Waals surface area contributed by atoms with Gasteiger partial charge in [0.15, 0.2) is 17.6 Å². The molecule has 0 fully saturated rings. The van der Waals surface area contributed by atoms with Crippen LogP contribution in [-0.2, 0) is 14.8 Å². The first-order chi connectivity index (χ1) is 16.4. The van der Waals surface area contributed by atoms with E-state index >= 15 is 0 Å². The van der Waals surface area contributed by atoms with Crippen LogP contribution in [0.3, 0.4) is 0 Å². The fourth-order valence-corrected chi connectivity index (χ4v) is 5.43. The van der Waals surface area contributed by atoms with Crippen LogP contribution in [0, 0.1) is 6.92 Å². The number of nitrogens with one attached hydrogen (secondary N) is 1. The van der Waals surface area contributed by atoms with Crippen LogP contribution in [0.25, 0.3) is 0 Å². The normalized spacial score (nSPS) is 19.0. The number of ether oxygens (including phenoxy) is 3. The van der Waals surface area contributed by atoms with Gasteiger partial charge < -0.3 is 19.5 Å². The third-order valence-corrected chi connectivity index (χ3v) is 7.47. The van der Waals surface area contributed by atoms with Crippen molar-refractivity contribution in [3.05, 3.63) is 78.4 Å². The minimum atomic E-state index is -3.89. The molecule has 2 aliphatic heterocycles. The molecule has 1 N–H and O–H groups in total. The number of carbonyl (C=O) groups is 1. The Balaban J connectivity index is 1.34. The fraction of sp³-hybridized carbons (Fsp3) is 0.240. The lowest BCUT2D eigenvalue weighted by atomic mass is 10.1. The Bertz CT molecular complexity index is 1310. The summed E-state index contributed by atoms with van der Waals surface area (Å²) in [5.41, 5.74) is 1.29. The van der Waals surface area contributed by atoms with Crippen molar-refractivity contribution in [2.75, 3.05) is 24.0 Å². The van der Waals surface area contributed by atoms with Crippen LogP contribution in [0.2, 0.25) is 0 Å². The molecule has 0 aromatic heterocycles. The number of para-hydroxylation sites is 2. The van der Waals surface area contributed by atoms with E-state index in [4.69, 9.17) is 14.2 Å². The SMILES string of the molecule is Cc1ccc2c(c1)OC(C(=O)NCC1COc3ccccc3O1)CN2S(=O)(=O)c1ccccc1. The first kappa shape index (κ1) is 22.1. The van der Waals surface area contributed by atoms with Crippen LogP contribution in [0.1, 0.15) is 5.56 Å². The minimum Gasteiger partial charge on any atom is -0.486 e. The number of rotatable bonds is 5. The molecule has 0 saturated heterocycles. The maximum Gasteiger partial charge on any atom is 0.264 e. The van der Waals surface area contributed by atoms with E-state index in [1.54, 1.807) is 36.4 Å². The monoisotopic (exact) mass is 480 g/mol. The Kier molecular flexibility index (Phi) is 5.79. The lowest BCUT2D eigenvalue weighted by Gasteiger charge is -2.35. The lowest BCUT2D eigenvalue weighted by Crippen LogP contribution is -2.52. The molecule has 34 heavy (non-hydrogen) atoms. The lowest BCUT2D eigenvalue weighted by molar-refractivity contribution is -0.128. The first-order valence-electron chi connectivity index (χ1n) is 10.9. The van der Waals surface area contributed by atoms with Crippen LogP contribution >= 0.6 is 0 Å². The van der Waals surface area contributed by atoms with Crippen molar-refractivity contribution >= 4 is 21.6 Å². The zero-order valence-electron chi connectivity index (χ0n) is 18.5. The number of aryl methyl sites for hydroxylation is 1. The van der Waals surface area contributed by atoms with E-state index in [9.17, 15) is 13.2 Å². The zero-order chi connectivity index (χ0) is 23.7. The molecule has 3 aromatic carbocycles. The summed E-state index contributed by atoms with van der Waals surface area (Å²) in [5, 5.41) is 2.82. The van der Waals surface area contributed by atoms with E-state index in [0.717, 1.165) is 5.56 Å². The summed E-state index contributed by atoms with van der Waals surface area (Å²) >= 11 is 0. The van der Waals surface area contributed by atoms with E-state index in [-0.39, 0.29) is 24.1 Å². The van der Waals surface area contributed by atoms with E-state index in [1.165, 1.54) is 16.4 Å². The van der Waals surface area contributed by atoms with E-state index < -0.39 is 22.0 Å². The maximum absolute atomic E-state index is 13.4. The Labute approximate surface area is 198 Å². The molecule has 2 aliphatic rings. The standard InChI is InChI=1S/C25H24N2O6S/c1-17-11-12-20-23(13-17)33-24(15-27(20)34(29,30)19-7-3-2-4-8-19)25(28)26-14-18-16-31-21-9-5-6-10-22(21)32-18/h2-13,18,24H,14-16H2,1H3,(H,26,28). The van der Waals surface area contributed by atoms with Crippen molar-refractivity contribution in [1.82, 2.24) is 5.32 Å². The van der Waals surface area contributed by atoms with Gasteiger partial charge in [-0.05, 0) is 48.9 Å². The van der Waals surface area contributed by atoms with Gasteiger partial charge in [0.05, 0.1) is 23.7 Å². The molecule has 2 unspecified atom stereocenters. The van der Waals surface area contributed by atoms with Crippen molar-refractivity contribution < 1.29 is 27.4 Å². The molecule has 0 radical (unpaired) electrons. The van der Waals surface area contributed by atoms with Gasteiger partial charge in [0.1, 0.15) is 18.5 Å². The smallest absolute Gasteiger partial charge is 0.264 e. The molecule has 1 amide bonds. The van der Waals surface area contributed by atoms with E-state index in [1.807, 2.05) is 31.2 Å². The summed E-state index contributed by atoms with van der Waals surface area (Å²) in [7, 11) is -3.89. The molecule has 0 saturated carbocycles. The van der Waals surface area contributed by atoms with Gasteiger partial charge in [0.25, 0.3) is 15.9 Å². The van der Waals surface area contributed by atoms with Gasteiger partial charge in [-0.1, -0.05) is 36.4 Å². The summed E-state index contributed by atoms with van der Waals surface area (Å²) in [5.74, 6) is 1.20. The average Bonchev–Trinajstić information content (AvgIpc) is 2.86. The van der Waals surface area contributed by atoms with Crippen molar-refractivity contribution in [2.45, 2.75) is 24.0 Å². The number of hydrogen-bond acceptors (Lipinski definition) is 6. The highest BCUT2D eigenvalue weighted by Crippen LogP contribution is 2.37. The van der Waals surface area contributed by atoms with Gasteiger partial charge in [0.2, 0.25) is 0 Å². The molecule has 0 spiro atoms. The summed E-state index contributed by atoms with van der Waals surface area (Å²) in [6.07, 6.45) is -1.40. The number of hydrogen-bond donors (Lipinski definition) is 1. The third-order valence-electron chi connectivity index (χ3n) is 5.68. The quantitative estimate of drug-likeness (QED) is 0.604. The van der Waals surface area contributed by atoms with Crippen LogP contribution in [0.4, 0.5) is 5.69 Å². The molecule has 9 heteroatoms. The van der Waals surface area contributed by atoms with E-state index in [2.05, 4.69) is 5.32 Å². The highest BCUT2D eigenvalue weighted by molar-refractivity contribution is 7.92. The van der Waals surface area contributed by atoms with Gasteiger partial charge in [-0.25, -0.2) is 8.42 Å². The summed E-state index contributed by atoms with van der Waals surface area (Å²) in [6.45, 7) is 2.21. The van der Waals surface area contributed by atoms with Gasteiger partial charge in [-0.15, -0.1) is 0 Å². The molecule has 5 rings (SSSR count). The molecule has 2 heterocycles. The summed E-state index contributed by atoms with van der Waals surface area (Å²) in [6, 6.07) is 20.7. The number of sulfonamides is 1. The molecule has 8 nitrogen and oxygen atoms in total. The second-order valence-electron chi connectivity index (χ2n) is 8.17. The molecular formula is C25H24N2O6S. The largest absolute Gasteiger partial charge is 0.486 e. The molecule has 0 bridgehead atoms. The zero-order valence-corrected chi connectivity index (χ0v) is 19.3. The van der Waals surface area contributed by atoms with Crippen molar-refractivity contribution in [3.8, 4) is 17.2 Å². The van der Waals surface area contributed by atoms with Crippen molar-refractivity contribution in [3.63, 3.8) is 0 Å². The maximum atomic E-state index is 13.4. The van der Waals surface area contributed by atoms with Crippen molar-refractivity contribution in [2.24, 2.45) is 0 Å². The molecule has 3 aromatic rings. The Morgan fingerprint density at radius 1 is 0.971 bits per heavy atom. The molecule has 2 atom stereocenters. The van der Waals surface area contributed by atoms with Gasteiger partial charge in [-0.3, -0.25) is 9.10 Å². The Morgan fingerprint density at radius 2 is 1.71 bits per heavy atom. The van der Waals surface area contributed by atoms with E-state index in [0.29, 0.717) is 29.5 Å². The fourth-order valence-electron chi connectivity index (χ4n) is 3.94. The Morgan fingerprint density at radius 3 is 2.50 bits per heavy atom. The number of benzene rings is 3. The highest BCUT2D eigenvalue weighted by atomic mass is 32.2. The van der Waals surface area contributed by atoms with Crippen molar-refractivity contribution in [1.29, 1.82) is 0 Å². The second-order valence-corrected chi connectivity index (χ2v) is 10.0.